The van der Waals surface area contributed by atoms with Gasteiger partial charge in [0.15, 0.2) is 0 Å². The highest BCUT2D eigenvalue weighted by molar-refractivity contribution is 6.01. The fraction of sp³-hybridized carbons (Fsp3) is 0.231. The lowest BCUT2D eigenvalue weighted by atomic mass is 10.1. The Morgan fingerprint density at radius 1 is 0.912 bits per heavy atom. The summed E-state index contributed by atoms with van der Waals surface area (Å²) in [6.07, 6.45) is 1.48. The summed E-state index contributed by atoms with van der Waals surface area (Å²) >= 11 is 0. The number of halogens is 1. The number of nitrogens with one attached hydrogen (secondary N) is 2. The number of hydrogen-bond acceptors (Lipinski definition) is 4. The summed E-state index contributed by atoms with van der Waals surface area (Å²) < 4.78 is 13.1. The van der Waals surface area contributed by atoms with Gasteiger partial charge in [0.2, 0.25) is 17.7 Å². The quantitative estimate of drug-likeness (QED) is 0.505. The van der Waals surface area contributed by atoms with Crippen LogP contribution in [-0.4, -0.2) is 29.3 Å². The lowest BCUT2D eigenvalue weighted by Gasteiger charge is -2.23. The molecule has 1 aromatic heterocycles. The summed E-state index contributed by atoms with van der Waals surface area (Å²) in [5, 5.41) is 5.43. The lowest BCUT2D eigenvalue weighted by Crippen LogP contribution is -2.41. The number of amides is 3. The van der Waals surface area contributed by atoms with E-state index in [2.05, 4.69) is 15.6 Å². The van der Waals surface area contributed by atoms with Crippen LogP contribution in [0, 0.1) is 19.7 Å². The van der Waals surface area contributed by atoms with E-state index in [1.54, 1.807) is 36.5 Å². The van der Waals surface area contributed by atoms with Crippen LogP contribution in [0.15, 0.2) is 66.9 Å². The van der Waals surface area contributed by atoms with Crippen molar-refractivity contribution >= 4 is 29.2 Å². The number of carbonyl (C=O) groups is 3. The second-order valence-corrected chi connectivity index (χ2v) is 7.99. The van der Waals surface area contributed by atoms with Crippen molar-refractivity contribution in [3.63, 3.8) is 0 Å². The molecule has 0 saturated carbocycles. The largest absolute Gasteiger partial charge is 0.350 e. The summed E-state index contributed by atoms with van der Waals surface area (Å²) in [6.45, 7) is 3.79. The van der Waals surface area contributed by atoms with Crippen LogP contribution in [0.1, 0.15) is 29.5 Å². The van der Waals surface area contributed by atoms with Crippen molar-refractivity contribution in [1.82, 2.24) is 10.3 Å². The maximum absolute atomic E-state index is 13.1. The van der Waals surface area contributed by atoms with Crippen LogP contribution in [0.5, 0.6) is 0 Å². The minimum atomic E-state index is -0.368. The normalized spacial score (nSPS) is 10.4. The van der Waals surface area contributed by atoms with Gasteiger partial charge in [0.05, 0.1) is 0 Å². The lowest BCUT2D eigenvalue weighted by molar-refractivity contribution is -0.125. The van der Waals surface area contributed by atoms with Crippen molar-refractivity contribution in [2.75, 3.05) is 16.8 Å². The minimum absolute atomic E-state index is 0.0476. The Kier molecular flexibility index (Phi) is 8.45. The predicted molar refractivity (Wildman–Crippen MR) is 129 cm³/mol. The molecule has 34 heavy (non-hydrogen) atoms. The molecular weight excluding hydrogens is 435 g/mol. The number of carbonyl (C=O) groups excluding carboxylic acids is 3. The van der Waals surface area contributed by atoms with Crippen molar-refractivity contribution in [3.8, 4) is 0 Å². The molecule has 0 bridgehead atoms. The second-order valence-electron chi connectivity index (χ2n) is 7.99. The average Bonchev–Trinajstić information content (AvgIpc) is 2.80. The number of aromatic nitrogens is 1. The summed E-state index contributed by atoms with van der Waals surface area (Å²) in [7, 11) is 0. The van der Waals surface area contributed by atoms with E-state index in [-0.39, 0.29) is 49.5 Å². The Morgan fingerprint density at radius 2 is 1.65 bits per heavy atom. The molecule has 7 nitrogen and oxygen atoms in total. The Balaban J connectivity index is 1.62. The molecule has 3 aromatic rings. The van der Waals surface area contributed by atoms with Crippen molar-refractivity contribution in [2.24, 2.45) is 0 Å². The first-order valence-electron chi connectivity index (χ1n) is 10.9. The molecular formula is C26H27FN4O3. The molecule has 0 aliphatic heterocycles. The third-order valence-electron chi connectivity index (χ3n) is 5.07. The molecule has 2 N–H and O–H groups in total. The van der Waals surface area contributed by atoms with Crippen LogP contribution in [0.25, 0.3) is 0 Å². The fourth-order valence-electron chi connectivity index (χ4n) is 3.29. The molecule has 3 amide bonds. The Hall–Kier alpha value is -4.07. The number of hydrogen-bond donors (Lipinski definition) is 2. The third kappa shape index (κ3) is 7.51. The Bertz CT molecular complexity index is 1160. The molecule has 0 saturated heterocycles. The van der Waals surface area contributed by atoms with Crippen LogP contribution < -0.4 is 15.5 Å². The molecule has 1 heterocycles. The van der Waals surface area contributed by atoms with Crippen LogP contribution in [0.3, 0.4) is 0 Å². The monoisotopic (exact) mass is 462 g/mol. The van der Waals surface area contributed by atoms with Gasteiger partial charge in [-0.15, -0.1) is 0 Å². The molecule has 2 aromatic carbocycles. The van der Waals surface area contributed by atoms with Gasteiger partial charge in [0, 0.05) is 31.3 Å². The molecule has 0 unspecified atom stereocenters. The number of anilines is 2. The van der Waals surface area contributed by atoms with Crippen molar-refractivity contribution in [3.05, 3.63) is 89.4 Å². The molecule has 0 spiro atoms. The highest BCUT2D eigenvalue weighted by Crippen LogP contribution is 2.18. The van der Waals surface area contributed by atoms with Crippen LogP contribution >= 0.6 is 0 Å². The zero-order valence-electron chi connectivity index (χ0n) is 19.2. The minimum Gasteiger partial charge on any atom is -0.350 e. The number of rotatable bonds is 9. The molecule has 176 valence electrons. The Labute approximate surface area is 198 Å². The van der Waals surface area contributed by atoms with E-state index in [0.29, 0.717) is 11.5 Å². The van der Waals surface area contributed by atoms with Gasteiger partial charge in [-0.2, -0.15) is 0 Å². The smallest absolute Gasteiger partial charge is 0.240 e. The van der Waals surface area contributed by atoms with E-state index < -0.39 is 0 Å². The number of pyridine rings is 1. The summed E-state index contributed by atoms with van der Waals surface area (Å²) in [4.78, 5) is 43.4. The highest BCUT2D eigenvalue weighted by atomic mass is 19.1. The van der Waals surface area contributed by atoms with E-state index >= 15 is 0 Å². The standard InChI is InChI=1S/C26H27FN4O3/c1-18-4-3-5-22(14-18)31(17-25(33)29-16-20-6-8-21(27)9-7-20)26(34)11-10-24(32)30-23-15-19(2)12-13-28-23/h3-9,12-15H,10-11,16-17H2,1-2H3,(H,29,33)(H,28,30,32). The first kappa shape index (κ1) is 24.6. The van der Waals surface area contributed by atoms with Gasteiger partial charge in [-0.05, 0) is 66.9 Å². The van der Waals surface area contributed by atoms with E-state index in [1.807, 2.05) is 32.0 Å². The van der Waals surface area contributed by atoms with E-state index in [9.17, 15) is 18.8 Å². The van der Waals surface area contributed by atoms with E-state index in [4.69, 9.17) is 0 Å². The average molecular weight is 463 g/mol. The fourth-order valence-corrected chi connectivity index (χ4v) is 3.29. The molecule has 3 rings (SSSR count). The Morgan fingerprint density at radius 3 is 2.35 bits per heavy atom. The van der Waals surface area contributed by atoms with Gasteiger partial charge in [0.25, 0.3) is 0 Å². The summed E-state index contributed by atoms with van der Waals surface area (Å²) in [6, 6.07) is 16.6. The maximum atomic E-state index is 13.1. The van der Waals surface area contributed by atoms with Gasteiger partial charge in [0.1, 0.15) is 18.2 Å². The molecule has 8 heteroatoms. The molecule has 0 fully saturated rings. The van der Waals surface area contributed by atoms with Gasteiger partial charge in [-0.1, -0.05) is 24.3 Å². The summed E-state index contributed by atoms with van der Waals surface area (Å²) in [5.74, 6) is -0.986. The molecule has 0 aliphatic rings. The predicted octanol–water partition coefficient (Wildman–Crippen LogP) is 3.91. The molecule has 0 aliphatic carbocycles. The van der Waals surface area contributed by atoms with Gasteiger partial charge < -0.3 is 15.5 Å². The number of aryl methyl sites for hydroxylation is 2. The van der Waals surface area contributed by atoms with Gasteiger partial charge in [-0.25, -0.2) is 9.37 Å². The van der Waals surface area contributed by atoms with Crippen molar-refractivity contribution in [2.45, 2.75) is 33.2 Å². The molecule has 0 radical (unpaired) electrons. The van der Waals surface area contributed by atoms with E-state index in [0.717, 1.165) is 16.7 Å². The van der Waals surface area contributed by atoms with Gasteiger partial charge in [-0.3, -0.25) is 14.4 Å². The zero-order valence-corrected chi connectivity index (χ0v) is 19.2. The summed E-state index contributed by atoms with van der Waals surface area (Å²) in [5.41, 5.74) is 3.20. The van der Waals surface area contributed by atoms with Crippen molar-refractivity contribution in [1.29, 1.82) is 0 Å². The zero-order chi connectivity index (χ0) is 24.5. The van der Waals surface area contributed by atoms with E-state index in [1.165, 1.54) is 17.0 Å². The third-order valence-corrected chi connectivity index (χ3v) is 5.07. The first-order chi connectivity index (χ1) is 16.3. The first-order valence-corrected chi connectivity index (χ1v) is 10.9. The number of benzene rings is 2. The topological polar surface area (TPSA) is 91.4 Å². The number of nitrogens with zero attached hydrogens (tertiary/aromatic N) is 2. The van der Waals surface area contributed by atoms with Gasteiger partial charge >= 0.3 is 0 Å². The van der Waals surface area contributed by atoms with Crippen LogP contribution in [0.4, 0.5) is 15.9 Å². The molecule has 0 atom stereocenters. The second kappa shape index (κ2) is 11.7. The SMILES string of the molecule is Cc1cccc(N(CC(=O)NCc2ccc(F)cc2)C(=O)CCC(=O)Nc2cc(C)ccn2)c1. The van der Waals surface area contributed by atoms with Crippen molar-refractivity contribution < 1.29 is 18.8 Å². The maximum Gasteiger partial charge on any atom is 0.240 e. The van der Waals surface area contributed by atoms with Crippen LogP contribution in [0.2, 0.25) is 0 Å². The highest BCUT2D eigenvalue weighted by Gasteiger charge is 2.20. The van der Waals surface area contributed by atoms with Crippen LogP contribution in [-0.2, 0) is 20.9 Å².